The molecule has 1 saturated heterocycles. The number of halogens is 1. The van der Waals surface area contributed by atoms with Gasteiger partial charge in [-0.05, 0) is 56.4 Å². The molecule has 0 aliphatic carbocycles. The van der Waals surface area contributed by atoms with E-state index in [2.05, 4.69) is 20.2 Å². The van der Waals surface area contributed by atoms with Gasteiger partial charge in [0.1, 0.15) is 11.2 Å². The fourth-order valence-electron chi connectivity index (χ4n) is 4.63. The number of rotatable bonds is 3. The molecule has 1 N–H and O–H groups in total. The lowest BCUT2D eigenvalue weighted by atomic mass is 9.72. The number of piperidine rings is 1. The number of carbonyl (C=O) groups is 1. The van der Waals surface area contributed by atoms with Gasteiger partial charge in [-0.1, -0.05) is 24.3 Å². The van der Waals surface area contributed by atoms with Crippen LogP contribution in [0.15, 0.2) is 53.5 Å². The fraction of sp³-hybridized carbons (Fsp3) is 0.360. The van der Waals surface area contributed by atoms with Crippen molar-refractivity contribution < 1.29 is 18.3 Å². The van der Waals surface area contributed by atoms with Gasteiger partial charge in [0.25, 0.3) is 0 Å². The van der Waals surface area contributed by atoms with Crippen LogP contribution in [0.25, 0.3) is 22.2 Å². The maximum Gasteiger partial charge on any atom is 0.410 e. The molecule has 176 valence electrons. The van der Waals surface area contributed by atoms with Gasteiger partial charge >= 0.3 is 6.09 Å². The quantitative estimate of drug-likeness (QED) is 0.456. The lowest BCUT2D eigenvalue weighted by Gasteiger charge is -2.40. The molecular weight excluding hydrogens is 437 g/mol. The van der Waals surface area contributed by atoms with Gasteiger partial charge in [-0.2, -0.15) is 0 Å². The van der Waals surface area contributed by atoms with Gasteiger partial charge in [-0.15, -0.1) is 10.2 Å². The fourth-order valence-corrected chi connectivity index (χ4v) is 4.63. The van der Waals surface area contributed by atoms with Crippen molar-refractivity contribution in [3.05, 3.63) is 66.4 Å². The summed E-state index contributed by atoms with van der Waals surface area (Å²) in [5.74, 6) is 0.186. The number of nitrogens with zero attached hydrogens (tertiary/aromatic N) is 4. The second kappa shape index (κ2) is 8.23. The minimum atomic E-state index is -0.550. The number of aromatic nitrogens is 4. The van der Waals surface area contributed by atoms with E-state index in [-0.39, 0.29) is 11.9 Å². The number of amides is 1. The van der Waals surface area contributed by atoms with Crippen LogP contribution in [-0.4, -0.2) is 49.8 Å². The van der Waals surface area contributed by atoms with E-state index in [0.717, 1.165) is 16.7 Å². The molecule has 3 aromatic heterocycles. The van der Waals surface area contributed by atoms with Crippen LogP contribution < -0.4 is 0 Å². The first-order chi connectivity index (χ1) is 16.3. The molecule has 5 rings (SSSR count). The molecule has 0 atom stereocenters. The van der Waals surface area contributed by atoms with E-state index >= 15 is 0 Å². The molecule has 1 amide bonds. The molecule has 1 aromatic carbocycles. The van der Waals surface area contributed by atoms with Gasteiger partial charge in [0, 0.05) is 25.5 Å². The molecule has 4 heterocycles. The van der Waals surface area contributed by atoms with Crippen LogP contribution in [0.2, 0.25) is 0 Å². The number of hydrogen-bond acceptors (Lipinski definition) is 6. The van der Waals surface area contributed by atoms with Crippen LogP contribution in [0.1, 0.15) is 45.1 Å². The first-order valence-corrected chi connectivity index (χ1v) is 11.2. The van der Waals surface area contributed by atoms with E-state index in [1.165, 1.54) is 12.6 Å². The number of pyridine rings is 1. The van der Waals surface area contributed by atoms with Gasteiger partial charge < -0.3 is 19.0 Å². The number of carbonyl (C=O) groups excluding carboxylic acids is 1. The monoisotopic (exact) mass is 463 g/mol. The third kappa shape index (κ3) is 3.91. The van der Waals surface area contributed by atoms with Crippen LogP contribution in [0.5, 0.6) is 0 Å². The third-order valence-electron chi connectivity index (χ3n) is 6.31. The van der Waals surface area contributed by atoms with Crippen LogP contribution in [0.3, 0.4) is 0 Å². The van der Waals surface area contributed by atoms with Crippen molar-refractivity contribution in [2.45, 2.75) is 44.6 Å². The van der Waals surface area contributed by atoms with Gasteiger partial charge in [0.15, 0.2) is 5.82 Å². The first kappa shape index (κ1) is 22.1. The number of likely N-dealkylation sites (tertiary alicyclic amines) is 1. The highest BCUT2D eigenvalue weighted by Gasteiger charge is 2.43. The highest BCUT2D eigenvalue weighted by atomic mass is 19.1. The number of aromatic amines is 1. The highest BCUT2D eigenvalue weighted by molar-refractivity contribution is 5.93. The Morgan fingerprint density at radius 1 is 1.18 bits per heavy atom. The van der Waals surface area contributed by atoms with Crippen molar-refractivity contribution in [1.82, 2.24) is 25.1 Å². The van der Waals surface area contributed by atoms with Crippen molar-refractivity contribution in [2.24, 2.45) is 0 Å². The molecular formula is C25H26FN5O3. The minimum absolute atomic E-state index is 0.322. The molecule has 0 radical (unpaired) electrons. The second-order valence-corrected chi connectivity index (χ2v) is 9.59. The van der Waals surface area contributed by atoms with Crippen molar-refractivity contribution in [2.75, 3.05) is 13.1 Å². The highest BCUT2D eigenvalue weighted by Crippen LogP contribution is 2.42. The molecule has 8 nitrogen and oxygen atoms in total. The Morgan fingerprint density at radius 2 is 1.91 bits per heavy atom. The SMILES string of the molecule is CC(C)(C)OC(=O)N1CCC(c2ccc(-c3ccnc4[nH]cc(F)c34)cc2)(c2nnco2)CC1. The van der Waals surface area contributed by atoms with Gasteiger partial charge in [0.2, 0.25) is 12.3 Å². The third-order valence-corrected chi connectivity index (χ3v) is 6.31. The zero-order chi connectivity index (χ0) is 23.9. The number of H-pyrrole nitrogens is 1. The van der Waals surface area contributed by atoms with Crippen LogP contribution in [0.4, 0.5) is 9.18 Å². The molecule has 0 unspecified atom stereocenters. The van der Waals surface area contributed by atoms with E-state index in [1.807, 2.05) is 45.0 Å². The Hall–Kier alpha value is -3.75. The summed E-state index contributed by atoms with van der Waals surface area (Å²) in [6, 6.07) is 9.77. The average Bonchev–Trinajstić information content (AvgIpc) is 3.49. The van der Waals surface area contributed by atoms with Crippen molar-refractivity contribution in [1.29, 1.82) is 0 Å². The summed E-state index contributed by atoms with van der Waals surface area (Å²) in [4.78, 5) is 21.4. The minimum Gasteiger partial charge on any atom is -0.444 e. The maximum atomic E-state index is 14.4. The summed E-state index contributed by atoms with van der Waals surface area (Å²) >= 11 is 0. The van der Waals surface area contributed by atoms with E-state index in [9.17, 15) is 9.18 Å². The smallest absolute Gasteiger partial charge is 0.410 e. The predicted octanol–water partition coefficient (Wildman–Crippen LogP) is 5.07. The van der Waals surface area contributed by atoms with E-state index in [4.69, 9.17) is 9.15 Å². The van der Waals surface area contributed by atoms with Gasteiger partial charge in [-0.25, -0.2) is 14.2 Å². The van der Waals surface area contributed by atoms with Crippen molar-refractivity contribution >= 4 is 17.1 Å². The molecule has 9 heteroatoms. The Labute approximate surface area is 196 Å². The van der Waals surface area contributed by atoms with Gasteiger partial charge in [-0.3, -0.25) is 0 Å². The molecule has 4 aromatic rings. The van der Waals surface area contributed by atoms with Crippen LogP contribution in [0, 0.1) is 5.82 Å². The largest absolute Gasteiger partial charge is 0.444 e. The van der Waals surface area contributed by atoms with Crippen molar-refractivity contribution in [3.63, 3.8) is 0 Å². The molecule has 1 aliphatic rings. The summed E-state index contributed by atoms with van der Waals surface area (Å²) in [5.41, 5.74) is 2.08. The van der Waals surface area contributed by atoms with Crippen LogP contribution >= 0.6 is 0 Å². The standard InChI is InChI=1S/C25H26FN5O3/c1-24(2,3)34-23(32)31-12-9-25(10-13-31,22-30-29-15-33-22)17-6-4-16(5-7-17)18-8-11-27-21-20(18)19(26)14-28-21/h4-8,11,14-15H,9-10,12-13H2,1-3H3,(H,27,28). The van der Waals surface area contributed by atoms with Crippen LogP contribution in [-0.2, 0) is 10.2 Å². The number of fused-ring (bicyclic) bond motifs is 1. The lowest BCUT2D eigenvalue weighted by Crippen LogP contribution is -2.47. The molecule has 1 aliphatic heterocycles. The summed E-state index contributed by atoms with van der Waals surface area (Å²) < 4.78 is 25.6. The molecule has 0 spiro atoms. The zero-order valence-corrected chi connectivity index (χ0v) is 19.3. The molecule has 34 heavy (non-hydrogen) atoms. The zero-order valence-electron chi connectivity index (χ0n) is 19.3. The Bertz CT molecular complexity index is 1300. The lowest BCUT2D eigenvalue weighted by molar-refractivity contribution is 0.0169. The number of benzene rings is 1. The topological polar surface area (TPSA) is 97.1 Å². The Kier molecular flexibility index (Phi) is 5.34. The number of hydrogen-bond donors (Lipinski definition) is 1. The predicted molar refractivity (Wildman–Crippen MR) is 124 cm³/mol. The molecule has 0 bridgehead atoms. The second-order valence-electron chi connectivity index (χ2n) is 9.59. The van der Waals surface area contributed by atoms with E-state index in [1.54, 1.807) is 17.2 Å². The summed E-state index contributed by atoms with van der Waals surface area (Å²) in [6.45, 7) is 6.57. The molecule has 1 fully saturated rings. The summed E-state index contributed by atoms with van der Waals surface area (Å²) in [5, 5.41) is 8.60. The average molecular weight is 464 g/mol. The van der Waals surface area contributed by atoms with Crippen molar-refractivity contribution in [3.8, 4) is 11.1 Å². The maximum absolute atomic E-state index is 14.4. The molecule has 0 saturated carbocycles. The summed E-state index contributed by atoms with van der Waals surface area (Å²) in [6.07, 6.45) is 5.21. The Morgan fingerprint density at radius 3 is 2.56 bits per heavy atom. The van der Waals surface area contributed by atoms with Gasteiger partial charge in [0.05, 0.1) is 10.8 Å². The normalized spacial score (nSPS) is 16.1. The number of nitrogens with one attached hydrogen (secondary N) is 1. The Balaban J connectivity index is 1.45. The summed E-state index contributed by atoms with van der Waals surface area (Å²) in [7, 11) is 0. The number of ether oxygens (including phenoxy) is 1. The van der Waals surface area contributed by atoms with E-state index in [0.29, 0.717) is 42.9 Å². The van der Waals surface area contributed by atoms with E-state index < -0.39 is 11.0 Å². The first-order valence-electron chi connectivity index (χ1n) is 11.2.